The van der Waals surface area contributed by atoms with Crippen LogP contribution in [0.1, 0.15) is 12.8 Å². The molecular formula is C16H13F3N4O2S2. The van der Waals surface area contributed by atoms with Gasteiger partial charge in [0, 0.05) is 24.2 Å². The lowest BCUT2D eigenvalue weighted by atomic mass is 10.2. The van der Waals surface area contributed by atoms with Gasteiger partial charge in [-0.15, -0.1) is 24.5 Å². The molecule has 1 aromatic carbocycles. The average molecular weight is 414 g/mol. The molecule has 1 unspecified atom stereocenters. The first-order chi connectivity index (χ1) is 12.9. The van der Waals surface area contributed by atoms with Crippen molar-refractivity contribution in [2.75, 3.05) is 16.8 Å². The van der Waals surface area contributed by atoms with Crippen LogP contribution < -0.4 is 15.0 Å². The predicted octanol–water partition coefficient (Wildman–Crippen LogP) is 4.26. The number of benzene rings is 1. The quantitative estimate of drug-likeness (QED) is 0.691. The molecular weight excluding hydrogens is 401 g/mol. The van der Waals surface area contributed by atoms with E-state index in [9.17, 15) is 18.0 Å². The number of amides is 1. The highest BCUT2D eigenvalue weighted by Gasteiger charge is 2.33. The van der Waals surface area contributed by atoms with Crippen LogP contribution in [0.2, 0.25) is 0 Å². The molecule has 11 heteroatoms. The van der Waals surface area contributed by atoms with Gasteiger partial charge >= 0.3 is 6.36 Å². The summed E-state index contributed by atoms with van der Waals surface area (Å²) >= 11 is 2.57. The van der Waals surface area contributed by atoms with E-state index in [1.54, 1.807) is 6.20 Å². The lowest BCUT2D eigenvalue weighted by Gasteiger charge is -2.22. The van der Waals surface area contributed by atoms with E-state index in [-0.39, 0.29) is 17.7 Å². The number of alkyl halides is 3. The highest BCUT2D eigenvalue weighted by Crippen LogP contribution is 2.33. The van der Waals surface area contributed by atoms with Crippen LogP contribution in [0.25, 0.3) is 10.2 Å². The molecule has 1 N–H and O–H groups in total. The molecule has 4 rings (SSSR count). The minimum absolute atomic E-state index is 0.200. The van der Waals surface area contributed by atoms with Crippen LogP contribution in [0, 0.1) is 0 Å². The monoisotopic (exact) mass is 414 g/mol. The number of anilines is 2. The molecule has 6 nitrogen and oxygen atoms in total. The molecule has 0 saturated carbocycles. The number of aromatic nitrogens is 2. The smallest absolute Gasteiger partial charge is 0.406 e. The van der Waals surface area contributed by atoms with E-state index in [0.29, 0.717) is 21.8 Å². The van der Waals surface area contributed by atoms with E-state index in [0.717, 1.165) is 29.4 Å². The number of carbonyl (C=O) groups is 1. The summed E-state index contributed by atoms with van der Waals surface area (Å²) in [6, 6.07) is 3.54. The maximum Gasteiger partial charge on any atom is 0.573 e. The Balaban J connectivity index is 1.50. The summed E-state index contributed by atoms with van der Waals surface area (Å²) in [5.74, 6) is -0.518. The summed E-state index contributed by atoms with van der Waals surface area (Å²) in [5, 5.41) is 5.77. The average Bonchev–Trinajstić information content (AvgIpc) is 3.32. The number of halogens is 3. The molecule has 1 atom stereocenters. The fourth-order valence-electron chi connectivity index (χ4n) is 2.97. The van der Waals surface area contributed by atoms with E-state index in [4.69, 9.17) is 0 Å². The normalized spacial score (nSPS) is 17.4. The van der Waals surface area contributed by atoms with Gasteiger partial charge in [-0.2, -0.15) is 0 Å². The van der Waals surface area contributed by atoms with E-state index in [1.807, 2.05) is 10.3 Å². The van der Waals surface area contributed by atoms with Crippen LogP contribution in [0.4, 0.5) is 23.4 Å². The largest absolute Gasteiger partial charge is 0.573 e. The van der Waals surface area contributed by atoms with Crippen molar-refractivity contribution in [3.8, 4) is 5.75 Å². The highest BCUT2D eigenvalue weighted by atomic mass is 32.1. The molecule has 27 heavy (non-hydrogen) atoms. The maximum atomic E-state index is 12.7. The molecule has 1 saturated heterocycles. The number of rotatable bonds is 4. The molecule has 1 aliphatic heterocycles. The minimum atomic E-state index is -4.75. The minimum Gasteiger partial charge on any atom is -0.406 e. The zero-order valence-corrected chi connectivity index (χ0v) is 15.3. The van der Waals surface area contributed by atoms with Crippen molar-refractivity contribution in [2.24, 2.45) is 0 Å². The summed E-state index contributed by atoms with van der Waals surface area (Å²) < 4.78 is 41.4. The van der Waals surface area contributed by atoms with Crippen molar-refractivity contribution in [3.05, 3.63) is 29.8 Å². The predicted molar refractivity (Wildman–Crippen MR) is 97.4 cm³/mol. The molecule has 1 fully saturated rings. The number of ether oxygens (including phenoxy) is 1. The number of thiazole rings is 2. The maximum absolute atomic E-state index is 12.7. The summed E-state index contributed by atoms with van der Waals surface area (Å²) in [6.45, 7) is 0.754. The second-order valence-electron chi connectivity index (χ2n) is 5.85. The lowest BCUT2D eigenvalue weighted by molar-refractivity contribution is -0.274. The zero-order chi connectivity index (χ0) is 19.0. The summed E-state index contributed by atoms with van der Waals surface area (Å²) in [4.78, 5) is 23.2. The van der Waals surface area contributed by atoms with Gasteiger partial charge in [0.1, 0.15) is 11.8 Å². The van der Waals surface area contributed by atoms with Crippen LogP contribution >= 0.6 is 22.7 Å². The van der Waals surface area contributed by atoms with E-state index in [1.165, 1.54) is 29.5 Å². The second kappa shape index (κ2) is 6.97. The van der Waals surface area contributed by atoms with Gasteiger partial charge < -0.3 is 15.0 Å². The molecule has 0 bridgehead atoms. The standard InChI is InChI=1S/C16H13F3N4O2S2/c17-16(18,19)25-9-3-4-10-12(8-9)27-14(21-10)22-13(24)11-2-1-6-23(11)15-20-5-7-26-15/h3-5,7-8,11H,1-2,6H2,(H,21,22,24). The molecule has 3 heterocycles. The molecule has 142 valence electrons. The zero-order valence-electron chi connectivity index (χ0n) is 13.7. The number of hydrogen-bond donors (Lipinski definition) is 1. The van der Waals surface area contributed by atoms with Crippen LogP contribution in [-0.4, -0.2) is 34.8 Å². The SMILES string of the molecule is O=C(Nc1nc2ccc(OC(F)(F)F)cc2s1)C1CCCN1c1nccs1. The fraction of sp³-hybridized carbons (Fsp3) is 0.312. The molecule has 0 aliphatic carbocycles. The van der Waals surface area contributed by atoms with E-state index < -0.39 is 6.36 Å². The van der Waals surface area contributed by atoms with Crippen molar-refractivity contribution < 1.29 is 22.7 Å². The van der Waals surface area contributed by atoms with Crippen LogP contribution in [0.15, 0.2) is 29.8 Å². The molecule has 1 amide bonds. The van der Waals surface area contributed by atoms with Gasteiger partial charge in [0.15, 0.2) is 10.3 Å². The Hall–Kier alpha value is -2.40. The van der Waals surface area contributed by atoms with Crippen LogP contribution in [0.5, 0.6) is 5.75 Å². The van der Waals surface area contributed by atoms with Crippen LogP contribution in [-0.2, 0) is 4.79 Å². The van der Waals surface area contributed by atoms with E-state index in [2.05, 4.69) is 20.0 Å². The van der Waals surface area contributed by atoms with Crippen LogP contribution in [0.3, 0.4) is 0 Å². The molecule has 1 aliphatic rings. The number of hydrogen-bond acceptors (Lipinski definition) is 7. The Morgan fingerprint density at radius 1 is 1.37 bits per heavy atom. The third-order valence-corrected chi connectivity index (χ3v) is 5.79. The van der Waals surface area contributed by atoms with Crippen molar-refractivity contribution >= 4 is 49.1 Å². The van der Waals surface area contributed by atoms with Crippen molar-refractivity contribution in [1.29, 1.82) is 0 Å². The summed E-state index contributed by atoms with van der Waals surface area (Å²) in [5.41, 5.74) is 0.494. The Bertz CT molecular complexity index is 958. The Labute approximate surface area is 159 Å². The molecule has 0 radical (unpaired) electrons. The fourth-order valence-corrected chi connectivity index (χ4v) is 4.59. The third kappa shape index (κ3) is 3.98. The Kier molecular flexibility index (Phi) is 4.64. The van der Waals surface area contributed by atoms with Crippen molar-refractivity contribution in [2.45, 2.75) is 25.2 Å². The van der Waals surface area contributed by atoms with Gasteiger partial charge in [0.2, 0.25) is 5.91 Å². The van der Waals surface area contributed by atoms with Gasteiger partial charge in [-0.25, -0.2) is 9.97 Å². The van der Waals surface area contributed by atoms with Gasteiger partial charge in [-0.3, -0.25) is 4.79 Å². The van der Waals surface area contributed by atoms with E-state index >= 15 is 0 Å². The Morgan fingerprint density at radius 2 is 2.22 bits per heavy atom. The second-order valence-corrected chi connectivity index (χ2v) is 7.76. The number of nitrogens with zero attached hydrogens (tertiary/aromatic N) is 3. The van der Waals surface area contributed by atoms with Gasteiger partial charge in [-0.05, 0) is 25.0 Å². The first-order valence-electron chi connectivity index (χ1n) is 8.02. The summed E-state index contributed by atoms with van der Waals surface area (Å²) in [7, 11) is 0. The summed E-state index contributed by atoms with van der Waals surface area (Å²) in [6.07, 6.45) is -1.46. The van der Waals surface area contributed by atoms with Crippen molar-refractivity contribution in [1.82, 2.24) is 9.97 Å². The lowest BCUT2D eigenvalue weighted by Crippen LogP contribution is -2.39. The van der Waals surface area contributed by atoms with Gasteiger partial charge in [0.05, 0.1) is 10.2 Å². The number of carbonyl (C=O) groups excluding carboxylic acids is 1. The topological polar surface area (TPSA) is 67.3 Å². The first kappa shape index (κ1) is 18.0. The van der Waals surface area contributed by atoms with Gasteiger partial charge in [0.25, 0.3) is 0 Å². The molecule has 2 aromatic heterocycles. The molecule has 0 spiro atoms. The number of fused-ring (bicyclic) bond motifs is 1. The highest BCUT2D eigenvalue weighted by molar-refractivity contribution is 7.22. The van der Waals surface area contributed by atoms with Crippen molar-refractivity contribution in [3.63, 3.8) is 0 Å². The third-order valence-electron chi connectivity index (χ3n) is 4.04. The molecule has 3 aromatic rings. The first-order valence-corrected chi connectivity index (χ1v) is 9.72. The Morgan fingerprint density at radius 3 is 2.96 bits per heavy atom. The van der Waals surface area contributed by atoms with Gasteiger partial charge in [-0.1, -0.05) is 11.3 Å². The number of nitrogens with one attached hydrogen (secondary N) is 1.